The van der Waals surface area contributed by atoms with Crippen LogP contribution in [0.5, 0.6) is 11.8 Å². The number of hydrogen-bond acceptors (Lipinski definition) is 8. The van der Waals surface area contributed by atoms with Crippen molar-refractivity contribution in [3.8, 4) is 11.8 Å². The van der Waals surface area contributed by atoms with Crippen LogP contribution in [-0.2, 0) is 0 Å². The van der Waals surface area contributed by atoms with Crippen molar-refractivity contribution in [1.29, 1.82) is 0 Å². The standard InChI is InChI=1S/C13H17N5O2S/c1-3-7-20-12-15-11(18-14)16-13(17-12)21-10-6-4-5-9(8-10)19-2/h4-6,8H,3,7,14H2,1-2H3,(H,15,16,17,18). The largest absolute Gasteiger partial charge is 0.497 e. The summed E-state index contributed by atoms with van der Waals surface area (Å²) < 4.78 is 10.6. The topological polar surface area (TPSA) is 95.2 Å². The zero-order valence-corrected chi connectivity index (χ0v) is 12.7. The Hall–Kier alpha value is -2.06. The molecule has 0 atom stereocenters. The summed E-state index contributed by atoms with van der Waals surface area (Å²) in [6.45, 7) is 2.55. The van der Waals surface area contributed by atoms with Crippen LogP contribution in [-0.4, -0.2) is 28.7 Å². The van der Waals surface area contributed by atoms with Gasteiger partial charge in [-0.15, -0.1) is 0 Å². The number of nitrogens with one attached hydrogen (secondary N) is 1. The molecule has 0 saturated heterocycles. The first-order valence-electron chi connectivity index (χ1n) is 6.42. The van der Waals surface area contributed by atoms with Crippen LogP contribution in [0, 0.1) is 0 Å². The van der Waals surface area contributed by atoms with Gasteiger partial charge in [-0.25, -0.2) is 5.84 Å². The van der Waals surface area contributed by atoms with Crippen LogP contribution in [0.2, 0.25) is 0 Å². The van der Waals surface area contributed by atoms with Crippen LogP contribution in [0.4, 0.5) is 5.95 Å². The molecular formula is C13H17N5O2S. The van der Waals surface area contributed by atoms with Crippen LogP contribution >= 0.6 is 11.8 Å². The summed E-state index contributed by atoms with van der Waals surface area (Å²) in [4.78, 5) is 13.4. The van der Waals surface area contributed by atoms with E-state index in [1.807, 2.05) is 31.2 Å². The zero-order chi connectivity index (χ0) is 15.1. The normalized spacial score (nSPS) is 10.2. The first kappa shape index (κ1) is 15.3. The summed E-state index contributed by atoms with van der Waals surface area (Å²) in [5, 5.41) is 0.498. The molecule has 0 aliphatic carbocycles. The van der Waals surface area contributed by atoms with E-state index in [4.69, 9.17) is 15.3 Å². The summed E-state index contributed by atoms with van der Waals surface area (Å²) in [5.41, 5.74) is 2.41. The molecule has 0 fully saturated rings. The van der Waals surface area contributed by atoms with Crippen molar-refractivity contribution >= 4 is 17.7 Å². The summed E-state index contributed by atoms with van der Waals surface area (Å²) in [6, 6.07) is 7.87. The SMILES string of the molecule is CCCOc1nc(NN)nc(Sc2cccc(OC)c2)n1. The van der Waals surface area contributed by atoms with Gasteiger partial charge in [0.2, 0.25) is 11.1 Å². The Balaban J connectivity index is 2.21. The van der Waals surface area contributed by atoms with Gasteiger partial charge >= 0.3 is 6.01 Å². The number of nitrogens with two attached hydrogens (primary N) is 1. The lowest BCUT2D eigenvalue weighted by atomic mass is 10.3. The van der Waals surface area contributed by atoms with Gasteiger partial charge in [-0.1, -0.05) is 13.0 Å². The average Bonchev–Trinajstić information content (AvgIpc) is 2.52. The van der Waals surface area contributed by atoms with Crippen molar-refractivity contribution in [1.82, 2.24) is 15.0 Å². The molecule has 8 heteroatoms. The first-order chi connectivity index (χ1) is 10.2. The van der Waals surface area contributed by atoms with Gasteiger partial charge < -0.3 is 9.47 Å². The molecule has 1 aromatic carbocycles. The lowest BCUT2D eigenvalue weighted by Crippen LogP contribution is -2.13. The highest BCUT2D eigenvalue weighted by atomic mass is 32.2. The summed E-state index contributed by atoms with van der Waals surface area (Å²) in [6.07, 6.45) is 0.870. The van der Waals surface area contributed by atoms with E-state index in [1.54, 1.807) is 7.11 Å². The van der Waals surface area contributed by atoms with E-state index in [0.29, 0.717) is 11.8 Å². The Kier molecular flexibility index (Phi) is 5.59. The van der Waals surface area contributed by atoms with Crippen molar-refractivity contribution in [2.45, 2.75) is 23.4 Å². The number of hydrogen-bond donors (Lipinski definition) is 2. The Bertz CT molecular complexity index is 597. The quantitative estimate of drug-likeness (QED) is 0.593. The number of rotatable bonds is 7. The molecule has 0 spiro atoms. The number of benzene rings is 1. The highest BCUT2D eigenvalue weighted by Crippen LogP contribution is 2.28. The van der Waals surface area contributed by atoms with Gasteiger partial charge in [0, 0.05) is 4.90 Å². The van der Waals surface area contributed by atoms with E-state index < -0.39 is 0 Å². The highest BCUT2D eigenvalue weighted by Gasteiger charge is 2.09. The van der Waals surface area contributed by atoms with Crippen LogP contribution in [0.1, 0.15) is 13.3 Å². The second-order valence-corrected chi connectivity index (χ2v) is 5.04. The molecule has 3 N–H and O–H groups in total. The van der Waals surface area contributed by atoms with Crippen molar-refractivity contribution in [3.05, 3.63) is 24.3 Å². The molecule has 1 heterocycles. The minimum atomic E-state index is 0.255. The number of methoxy groups -OCH3 is 1. The maximum Gasteiger partial charge on any atom is 0.322 e. The Morgan fingerprint density at radius 2 is 2.14 bits per heavy atom. The lowest BCUT2D eigenvalue weighted by molar-refractivity contribution is 0.288. The van der Waals surface area contributed by atoms with E-state index in [1.165, 1.54) is 11.8 Å². The van der Waals surface area contributed by atoms with Gasteiger partial charge in [-0.2, -0.15) is 15.0 Å². The van der Waals surface area contributed by atoms with E-state index in [0.717, 1.165) is 17.1 Å². The average molecular weight is 307 g/mol. The maximum atomic E-state index is 5.43. The van der Waals surface area contributed by atoms with Crippen LogP contribution < -0.4 is 20.7 Å². The molecule has 2 rings (SSSR count). The van der Waals surface area contributed by atoms with Crippen LogP contribution in [0.15, 0.2) is 34.3 Å². The second-order valence-electron chi connectivity index (χ2n) is 4.00. The molecule has 0 amide bonds. The van der Waals surface area contributed by atoms with Gasteiger partial charge in [0.1, 0.15) is 5.75 Å². The first-order valence-corrected chi connectivity index (χ1v) is 7.24. The molecule has 112 valence electrons. The molecule has 0 saturated carbocycles. The predicted octanol–water partition coefficient (Wildman–Crippen LogP) is 2.11. The smallest absolute Gasteiger partial charge is 0.322 e. The zero-order valence-electron chi connectivity index (χ0n) is 11.9. The van der Waals surface area contributed by atoms with E-state index in [-0.39, 0.29) is 12.0 Å². The highest BCUT2D eigenvalue weighted by molar-refractivity contribution is 7.99. The van der Waals surface area contributed by atoms with Gasteiger partial charge in [-0.3, -0.25) is 5.43 Å². The Morgan fingerprint density at radius 1 is 1.29 bits per heavy atom. The molecule has 1 aromatic heterocycles. The molecule has 0 aliphatic rings. The molecule has 0 radical (unpaired) electrons. The fourth-order valence-electron chi connectivity index (χ4n) is 1.48. The number of ether oxygens (including phenoxy) is 2. The van der Waals surface area contributed by atoms with Crippen LogP contribution in [0.3, 0.4) is 0 Å². The molecule has 0 aliphatic heterocycles. The van der Waals surface area contributed by atoms with E-state index >= 15 is 0 Å². The second kappa shape index (κ2) is 7.65. The summed E-state index contributed by atoms with van der Waals surface area (Å²) >= 11 is 1.38. The van der Waals surface area contributed by atoms with Crippen molar-refractivity contribution in [2.24, 2.45) is 5.84 Å². The number of anilines is 1. The third-order valence-electron chi connectivity index (χ3n) is 2.41. The van der Waals surface area contributed by atoms with Crippen molar-refractivity contribution in [3.63, 3.8) is 0 Å². The molecule has 7 nitrogen and oxygen atoms in total. The third-order valence-corrected chi connectivity index (χ3v) is 3.26. The van der Waals surface area contributed by atoms with E-state index in [9.17, 15) is 0 Å². The van der Waals surface area contributed by atoms with Gasteiger partial charge in [0.05, 0.1) is 13.7 Å². The third kappa shape index (κ3) is 4.47. The minimum Gasteiger partial charge on any atom is -0.497 e. The van der Waals surface area contributed by atoms with Crippen LogP contribution in [0.25, 0.3) is 0 Å². The molecule has 2 aromatic rings. The molecular weight excluding hydrogens is 290 g/mol. The number of hydrazine groups is 1. The Morgan fingerprint density at radius 3 is 2.86 bits per heavy atom. The van der Waals surface area contributed by atoms with Gasteiger partial charge in [0.15, 0.2) is 0 Å². The molecule has 21 heavy (non-hydrogen) atoms. The van der Waals surface area contributed by atoms with E-state index in [2.05, 4.69) is 20.4 Å². The fourth-order valence-corrected chi connectivity index (χ4v) is 2.26. The molecule has 0 bridgehead atoms. The van der Waals surface area contributed by atoms with Gasteiger partial charge in [-0.05, 0) is 36.4 Å². The van der Waals surface area contributed by atoms with Crippen molar-refractivity contribution < 1.29 is 9.47 Å². The predicted molar refractivity (Wildman–Crippen MR) is 80.5 cm³/mol. The maximum absolute atomic E-state index is 5.43. The lowest BCUT2D eigenvalue weighted by Gasteiger charge is -2.07. The monoisotopic (exact) mass is 307 g/mol. The number of nitrogen functional groups attached to an aromatic ring is 1. The van der Waals surface area contributed by atoms with Crippen molar-refractivity contribution in [2.75, 3.05) is 19.1 Å². The molecule has 0 unspecified atom stereocenters. The number of nitrogens with zero attached hydrogens (tertiary/aromatic N) is 3. The number of aromatic nitrogens is 3. The summed E-state index contributed by atoms with van der Waals surface area (Å²) in [7, 11) is 1.62. The minimum absolute atomic E-state index is 0.255. The fraction of sp³-hybridized carbons (Fsp3) is 0.308. The van der Waals surface area contributed by atoms with Gasteiger partial charge in [0.25, 0.3) is 0 Å². The summed E-state index contributed by atoms with van der Waals surface area (Å²) in [5.74, 6) is 6.40. The Labute approximate surface area is 127 Å².